The van der Waals surface area contributed by atoms with Crippen LogP contribution in [0.25, 0.3) is 0 Å². The zero-order valence-electron chi connectivity index (χ0n) is 14.8. The number of amides is 1. The van der Waals surface area contributed by atoms with E-state index in [0.29, 0.717) is 18.8 Å². The van der Waals surface area contributed by atoms with E-state index < -0.39 is 17.9 Å². The minimum Gasteiger partial charge on any atom is -0.481 e. The Morgan fingerprint density at radius 2 is 2.12 bits per heavy atom. The Labute approximate surface area is 147 Å². The van der Waals surface area contributed by atoms with Gasteiger partial charge in [0.2, 0.25) is 5.91 Å². The highest BCUT2D eigenvalue weighted by atomic mass is 16.4. The topological polar surface area (TPSA) is 75.4 Å². The van der Waals surface area contributed by atoms with E-state index in [2.05, 4.69) is 37.0 Å². The number of nitrogens with zero attached hydrogens (tertiary/aromatic N) is 3. The molecule has 1 fully saturated rings. The molecule has 0 spiro atoms. The molecule has 1 aliphatic heterocycles. The van der Waals surface area contributed by atoms with Crippen LogP contribution in [0.3, 0.4) is 0 Å². The number of hydrogen-bond donors (Lipinski definition) is 1. The molecule has 25 heavy (non-hydrogen) atoms. The molecule has 0 radical (unpaired) electrons. The number of aliphatic carboxylic acids is 1. The summed E-state index contributed by atoms with van der Waals surface area (Å²) in [5.74, 6) is -1.20. The minimum atomic E-state index is -0.949. The minimum absolute atomic E-state index is 0.0275. The quantitative estimate of drug-likeness (QED) is 0.905. The molecule has 1 aromatic carbocycles. The summed E-state index contributed by atoms with van der Waals surface area (Å²) < 4.78 is 1.79. The number of rotatable bonds is 5. The fourth-order valence-corrected chi connectivity index (χ4v) is 3.62. The van der Waals surface area contributed by atoms with Gasteiger partial charge in [0.25, 0.3) is 0 Å². The van der Waals surface area contributed by atoms with Crippen LogP contribution >= 0.6 is 0 Å². The van der Waals surface area contributed by atoms with Crippen molar-refractivity contribution in [3.8, 4) is 0 Å². The van der Waals surface area contributed by atoms with Gasteiger partial charge >= 0.3 is 5.97 Å². The number of aryl methyl sites for hydroxylation is 3. The van der Waals surface area contributed by atoms with Crippen molar-refractivity contribution in [1.82, 2.24) is 14.5 Å². The monoisotopic (exact) mass is 341 g/mol. The first-order valence-corrected chi connectivity index (χ1v) is 8.44. The van der Waals surface area contributed by atoms with Crippen molar-refractivity contribution in [2.45, 2.75) is 32.7 Å². The van der Waals surface area contributed by atoms with Crippen LogP contribution in [0.1, 0.15) is 35.0 Å². The lowest BCUT2D eigenvalue weighted by molar-refractivity contribution is -0.142. The highest BCUT2D eigenvalue weighted by molar-refractivity contribution is 5.87. The first kappa shape index (κ1) is 17.2. The first-order valence-electron chi connectivity index (χ1n) is 8.44. The van der Waals surface area contributed by atoms with E-state index in [-0.39, 0.29) is 12.3 Å². The third-order valence-electron chi connectivity index (χ3n) is 4.99. The van der Waals surface area contributed by atoms with Crippen molar-refractivity contribution in [2.75, 3.05) is 6.54 Å². The highest BCUT2D eigenvalue weighted by Gasteiger charge is 2.46. The van der Waals surface area contributed by atoms with Gasteiger partial charge in [0.15, 0.2) is 0 Å². The number of carbonyl (C=O) groups excluding carboxylic acids is 1. The highest BCUT2D eigenvalue weighted by Crippen LogP contribution is 2.37. The molecular formula is C19H23N3O3. The second kappa shape index (κ2) is 6.70. The Morgan fingerprint density at radius 3 is 2.72 bits per heavy atom. The molecule has 0 aliphatic carbocycles. The lowest BCUT2D eigenvalue weighted by Crippen LogP contribution is -2.34. The Kier molecular flexibility index (Phi) is 4.61. The van der Waals surface area contributed by atoms with Gasteiger partial charge in [-0.25, -0.2) is 4.98 Å². The summed E-state index contributed by atoms with van der Waals surface area (Å²) >= 11 is 0. The number of imidazole rings is 1. The van der Waals surface area contributed by atoms with E-state index in [1.165, 1.54) is 16.7 Å². The maximum Gasteiger partial charge on any atom is 0.309 e. The molecule has 1 aromatic heterocycles. The van der Waals surface area contributed by atoms with Gasteiger partial charge in [-0.3, -0.25) is 9.59 Å². The van der Waals surface area contributed by atoms with Gasteiger partial charge in [-0.05, 0) is 31.4 Å². The summed E-state index contributed by atoms with van der Waals surface area (Å²) in [7, 11) is 1.83. The number of hydrogen-bond acceptors (Lipinski definition) is 3. The normalized spacial score (nSPS) is 20.3. The fraction of sp³-hybridized carbons (Fsp3) is 0.421. The molecule has 2 atom stereocenters. The largest absolute Gasteiger partial charge is 0.481 e. The molecular weight excluding hydrogens is 318 g/mol. The van der Waals surface area contributed by atoms with E-state index in [4.69, 9.17) is 0 Å². The molecule has 2 aromatic rings. The SMILES string of the molecule is Cc1ccc(CCN2C(=O)C[C@@H](C(=O)O)[C@@H]2c2nccn2C)c(C)c1. The van der Waals surface area contributed by atoms with E-state index in [9.17, 15) is 14.7 Å². The van der Waals surface area contributed by atoms with Gasteiger partial charge in [-0.1, -0.05) is 23.8 Å². The van der Waals surface area contributed by atoms with Crippen molar-refractivity contribution >= 4 is 11.9 Å². The van der Waals surface area contributed by atoms with Gasteiger partial charge in [-0.15, -0.1) is 0 Å². The van der Waals surface area contributed by atoms with Crippen LogP contribution in [0.5, 0.6) is 0 Å². The van der Waals surface area contributed by atoms with Crippen LogP contribution in [0, 0.1) is 19.8 Å². The number of likely N-dealkylation sites (tertiary alicyclic amines) is 1. The van der Waals surface area contributed by atoms with Crippen LogP contribution in [0.2, 0.25) is 0 Å². The molecule has 132 valence electrons. The number of benzene rings is 1. The van der Waals surface area contributed by atoms with Gasteiger partial charge in [-0.2, -0.15) is 0 Å². The van der Waals surface area contributed by atoms with Crippen LogP contribution in [0.4, 0.5) is 0 Å². The van der Waals surface area contributed by atoms with Gasteiger partial charge in [0, 0.05) is 32.4 Å². The third-order valence-corrected chi connectivity index (χ3v) is 4.99. The molecule has 1 amide bonds. The van der Waals surface area contributed by atoms with Crippen molar-refractivity contribution in [1.29, 1.82) is 0 Å². The van der Waals surface area contributed by atoms with E-state index in [1.54, 1.807) is 21.9 Å². The van der Waals surface area contributed by atoms with Crippen molar-refractivity contribution in [3.05, 3.63) is 53.1 Å². The summed E-state index contributed by atoms with van der Waals surface area (Å²) in [4.78, 5) is 30.1. The van der Waals surface area contributed by atoms with Crippen molar-refractivity contribution in [2.24, 2.45) is 13.0 Å². The van der Waals surface area contributed by atoms with Crippen LogP contribution in [-0.4, -0.2) is 38.0 Å². The van der Waals surface area contributed by atoms with Crippen molar-refractivity contribution < 1.29 is 14.7 Å². The third kappa shape index (κ3) is 3.29. The van der Waals surface area contributed by atoms with Crippen LogP contribution in [0.15, 0.2) is 30.6 Å². The molecule has 0 saturated carbocycles. The summed E-state index contributed by atoms with van der Waals surface area (Å²) in [5, 5.41) is 9.55. The second-order valence-electron chi connectivity index (χ2n) is 6.76. The number of aromatic nitrogens is 2. The van der Waals surface area contributed by atoms with Gasteiger partial charge in [0.1, 0.15) is 11.9 Å². The average Bonchev–Trinajstić information content (AvgIpc) is 3.10. The molecule has 0 bridgehead atoms. The lowest BCUT2D eigenvalue weighted by Gasteiger charge is -2.26. The predicted molar refractivity (Wildman–Crippen MR) is 93.0 cm³/mol. The summed E-state index contributed by atoms with van der Waals surface area (Å²) in [6.45, 7) is 4.60. The molecule has 0 unspecified atom stereocenters. The Hall–Kier alpha value is -2.63. The van der Waals surface area contributed by atoms with Gasteiger partial charge in [0.05, 0.1) is 5.92 Å². The summed E-state index contributed by atoms with van der Waals surface area (Å²) in [6.07, 6.45) is 4.14. The molecule has 6 nitrogen and oxygen atoms in total. The number of carboxylic acids is 1. The zero-order chi connectivity index (χ0) is 18.1. The van der Waals surface area contributed by atoms with Gasteiger partial charge < -0.3 is 14.6 Å². The standard InChI is InChI=1S/C19H23N3O3/c1-12-4-5-14(13(2)10-12)6-8-22-16(23)11-15(19(24)25)17(22)18-20-7-9-21(18)3/h4-5,7,9-10,15,17H,6,8,11H2,1-3H3,(H,24,25)/t15-,17-/m1/s1. The Balaban J connectivity index is 1.86. The smallest absolute Gasteiger partial charge is 0.309 e. The second-order valence-corrected chi connectivity index (χ2v) is 6.76. The molecule has 2 heterocycles. The predicted octanol–water partition coefficient (Wildman–Crippen LogP) is 2.25. The number of carboxylic acid groups (broad SMARTS) is 1. The van der Waals surface area contributed by atoms with Crippen LogP contribution in [-0.2, 0) is 23.1 Å². The molecule has 1 saturated heterocycles. The Morgan fingerprint density at radius 1 is 1.36 bits per heavy atom. The van der Waals surface area contributed by atoms with Crippen molar-refractivity contribution in [3.63, 3.8) is 0 Å². The average molecular weight is 341 g/mol. The van der Waals surface area contributed by atoms with E-state index >= 15 is 0 Å². The van der Waals surface area contributed by atoms with E-state index in [0.717, 1.165) is 0 Å². The maximum atomic E-state index is 12.5. The Bertz CT molecular complexity index is 812. The molecule has 3 rings (SSSR count). The first-order chi connectivity index (χ1) is 11.9. The van der Waals surface area contributed by atoms with Crippen LogP contribution < -0.4 is 0 Å². The zero-order valence-corrected chi connectivity index (χ0v) is 14.8. The lowest BCUT2D eigenvalue weighted by atomic mass is 9.99. The maximum absolute atomic E-state index is 12.5. The summed E-state index contributed by atoms with van der Waals surface area (Å²) in [5.41, 5.74) is 3.57. The molecule has 1 aliphatic rings. The van der Waals surface area contributed by atoms with E-state index in [1.807, 2.05) is 7.05 Å². The fourth-order valence-electron chi connectivity index (χ4n) is 3.62. The molecule has 6 heteroatoms. The summed E-state index contributed by atoms with van der Waals surface area (Å²) in [6, 6.07) is 5.74. The molecule has 1 N–H and O–H groups in total. The number of carbonyl (C=O) groups is 2.